The highest BCUT2D eigenvalue weighted by molar-refractivity contribution is 5.92. The molecule has 1 amide bonds. The summed E-state index contributed by atoms with van der Waals surface area (Å²) in [5.41, 5.74) is 3.88. The summed E-state index contributed by atoms with van der Waals surface area (Å²) >= 11 is 0. The second kappa shape index (κ2) is 8.13. The largest absolute Gasteiger partial charge is 0.449 e. The van der Waals surface area contributed by atoms with Gasteiger partial charge in [0.2, 0.25) is 0 Å². The fraction of sp³-hybridized carbons (Fsp3) is 0.333. The minimum atomic E-state index is -0.871. The van der Waals surface area contributed by atoms with Crippen molar-refractivity contribution in [2.24, 2.45) is 0 Å². The highest BCUT2D eigenvalue weighted by Crippen LogP contribution is 2.23. The molecule has 0 unspecified atom stereocenters. The van der Waals surface area contributed by atoms with E-state index in [0.717, 1.165) is 24.8 Å². The SMILES string of the molecule is C[C@@H](OC(=O)c1ccc2c(c1)CCC2)C(=O)NCCc1ccc(F)cc1. The summed E-state index contributed by atoms with van der Waals surface area (Å²) in [6.07, 6.45) is 2.86. The van der Waals surface area contributed by atoms with Crippen LogP contribution in [0, 0.1) is 5.82 Å². The fourth-order valence-electron chi connectivity index (χ4n) is 3.11. The lowest BCUT2D eigenvalue weighted by molar-refractivity contribution is -0.129. The minimum absolute atomic E-state index is 0.287. The maximum absolute atomic E-state index is 12.9. The number of hydrogen-bond donors (Lipinski definition) is 1. The molecule has 2 aromatic rings. The average molecular weight is 355 g/mol. The first-order valence-electron chi connectivity index (χ1n) is 8.88. The molecule has 0 spiro atoms. The van der Waals surface area contributed by atoms with Gasteiger partial charge in [-0.3, -0.25) is 4.79 Å². The Bertz CT molecular complexity index is 801. The summed E-state index contributed by atoms with van der Waals surface area (Å²) in [4.78, 5) is 24.3. The molecule has 3 rings (SSSR count). The van der Waals surface area contributed by atoms with Gasteiger partial charge in [-0.1, -0.05) is 18.2 Å². The Balaban J connectivity index is 1.47. The van der Waals surface area contributed by atoms with Gasteiger partial charge >= 0.3 is 5.97 Å². The number of halogens is 1. The van der Waals surface area contributed by atoms with Crippen molar-refractivity contribution < 1.29 is 18.7 Å². The molecule has 1 atom stereocenters. The predicted molar refractivity (Wildman–Crippen MR) is 96.5 cm³/mol. The van der Waals surface area contributed by atoms with Crippen LogP contribution in [-0.4, -0.2) is 24.5 Å². The molecule has 26 heavy (non-hydrogen) atoms. The van der Waals surface area contributed by atoms with E-state index in [1.54, 1.807) is 25.1 Å². The van der Waals surface area contributed by atoms with Crippen molar-refractivity contribution in [2.75, 3.05) is 6.54 Å². The van der Waals surface area contributed by atoms with Crippen LogP contribution in [0.4, 0.5) is 4.39 Å². The van der Waals surface area contributed by atoms with Crippen LogP contribution in [0.25, 0.3) is 0 Å². The Kier molecular flexibility index (Phi) is 5.66. The number of carbonyl (C=O) groups is 2. The minimum Gasteiger partial charge on any atom is -0.449 e. The number of aryl methyl sites for hydroxylation is 2. The van der Waals surface area contributed by atoms with E-state index in [9.17, 15) is 14.0 Å². The van der Waals surface area contributed by atoms with Crippen molar-refractivity contribution in [2.45, 2.75) is 38.7 Å². The number of amides is 1. The van der Waals surface area contributed by atoms with Crippen molar-refractivity contribution in [3.63, 3.8) is 0 Å². The summed E-state index contributed by atoms with van der Waals surface area (Å²) in [6.45, 7) is 1.95. The molecule has 0 saturated heterocycles. The number of carbonyl (C=O) groups excluding carboxylic acids is 2. The van der Waals surface area contributed by atoms with Crippen LogP contribution in [0.2, 0.25) is 0 Å². The zero-order valence-electron chi connectivity index (χ0n) is 14.8. The van der Waals surface area contributed by atoms with Gasteiger partial charge in [0, 0.05) is 6.54 Å². The van der Waals surface area contributed by atoms with Gasteiger partial charge in [-0.05, 0) is 73.6 Å². The number of fused-ring (bicyclic) bond motifs is 1. The summed E-state index contributed by atoms with van der Waals surface area (Å²) in [5, 5.41) is 2.73. The van der Waals surface area contributed by atoms with Gasteiger partial charge in [-0.15, -0.1) is 0 Å². The monoisotopic (exact) mass is 355 g/mol. The summed E-state index contributed by atoms with van der Waals surface area (Å²) in [5.74, 6) is -1.12. The summed E-state index contributed by atoms with van der Waals surface area (Å²) in [6, 6.07) is 11.7. The van der Waals surface area contributed by atoms with Gasteiger partial charge in [0.1, 0.15) is 5.82 Å². The Morgan fingerprint density at radius 1 is 1.12 bits per heavy atom. The quantitative estimate of drug-likeness (QED) is 0.810. The Morgan fingerprint density at radius 3 is 2.62 bits per heavy atom. The number of benzene rings is 2. The molecule has 0 radical (unpaired) electrons. The van der Waals surface area contributed by atoms with Gasteiger partial charge in [-0.25, -0.2) is 9.18 Å². The molecular weight excluding hydrogens is 333 g/mol. The van der Waals surface area contributed by atoms with Crippen LogP contribution < -0.4 is 5.32 Å². The van der Waals surface area contributed by atoms with Crippen LogP contribution in [0.3, 0.4) is 0 Å². The summed E-state index contributed by atoms with van der Waals surface area (Å²) < 4.78 is 18.1. The van der Waals surface area contributed by atoms with E-state index in [4.69, 9.17) is 4.74 Å². The number of ether oxygens (including phenoxy) is 1. The molecule has 136 valence electrons. The molecule has 0 saturated carbocycles. The molecule has 1 aliphatic rings. The molecule has 1 aliphatic carbocycles. The summed E-state index contributed by atoms with van der Waals surface area (Å²) in [7, 11) is 0. The lowest BCUT2D eigenvalue weighted by Crippen LogP contribution is -2.36. The maximum atomic E-state index is 12.9. The van der Waals surface area contributed by atoms with Crippen molar-refractivity contribution in [3.05, 3.63) is 70.5 Å². The first kappa shape index (κ1) is 18.1. The molecule has 0 heterocycles. The highest BCUT2D eigenvalue weighted by atomic mass is 19.1. The predicted octanol–water partition coefficient (Wildman–Crippen LogP) is 3.22. The fourth-order valence-corrected chi connectivity index (χ4v) is 3.11. The number of nitrogens with one attached hydrogen (secondary N) is 1. The third-order valence-corrected chi connectivity index (χ3v) is 4.61. The molecular formula is C21H22FNO3. The van der Waals surface area contributed by atoms with E-state index in [0.29, 0.717) is 18.5 Å². The third-order valence-electron chi connectivity index (χ3n) is 4.61. The molecule has 0 bridgehead atoms. The van der Waals surface area contributed by atoms with Crippen molar-refractivity contribution in [1.82, 2.24) is 5.32 Å². The van der Waals surface area contributed by atoms with Crippen molar-refractivity contribution >= 4 is 11.9 Å². The van der Waals surface area contributed by atoms with Gasteiger partial charge in [0.15, 0.2) is 6.10 Å². The zero-order valence-corrected chi connectivity index (χ0v) is 14.8. The van der Waals surface area contributed by atoms with Crippen LogP contribution in [0.5, 0.6) is 0 Å². The first-order valence-corrected chi connectivity index (χ1v) is 8.88. The Labute approximate surface area is 152 Å². The highest BCUT2D eigenvalue weighted by Gasteiger charge is 2.20. The molecule has 5 heteroatoms. The van der Waals surface area contributed by atoms with E-state index in [-0.39, 0.29) is 11.7 Å². The van der Waals surface area contributed by atoms with Gasteiger partial charge < -0.3 is 10.1 Å². The number of esters is 1. The second-order valence-corrected chi connectivity index (χ2v) is 6.55. The normalized spacial score (nSPS) is 13.8. The van der Waals surface area contributed by atoms with E-state index in [2.05, 4.69) is 5.32 Å². The smallest absolute Gasteiger partial charge is 0.338 e. The number of hydrogen-bond acceptors (Lipinski definition) is 3. The van der Waals surface area contributed by atoms with Crippen molar-refractivity contribution in [1.29, 1.82) is 0 Å². The maximum Gasteiger partial charge on any atom is 0.338 e. The van der Waals surface area contributed by atoms with Gasteiger partial charge in [0.05, 0.1) is 5.56 Å². The van der Waals surface area contributed by atoms with Crippen LogP contribution >= 0.6 is 0 Å². The lowest BCUT2D eigenvalue weighted by atomic mass is 10.1. The van der Waals surface area contributed by atoms with E-state index in [1.165, 1.54) is 23.3 Å². The molecule has 1 N–H and O–H groups in total. The van der Waals surface area contributed by atoms with Gasteiger partial charge in [0.25, 0.3) is 5.91 Å². The van der Waals surface area contributed by atoms with E-state index in [1.807, 2.05) is 12.1 Å². The topological polar surface area (TPSA) is 55.4 Å². The standard InChI is InChI=1S/C21H22FNO3/c1-14(20(24)23-12-11-15-5-9-19(22)10-6-15)26-21(25)18-8-7-16-3-2-4-17(16)13-18/h5-10,13-14H,2-4,11-12H2,1H3,(H,23,24)/t14-/m1/s1. The van der Waals surface area contributed by atoms with Crippen molar-refractivity contribution in [3.8, 4) is 0 Å². The molecule has 0 aromatic heterocycles. The number of rotatable bonds is 6. The van der Waals surface area contributed by atoms with Crippen LogP contribution in [-0.2, 0) is 28.8 Å². The molecule has 0 fully saturated rings. The molecule has 0 aliphatic heterocycles. The second-order valence-electron chi connectivity index (χ2n) is 6.55. The van der Waals surface area contributed by atoms with E-state index >= 15 is 0 Å². The van der Waals surface area contributed by atoms with Gasteiger partial charge in [-0.2, -0.15) is 0 Å². The Hall–Kier alpha value is -2.69. The molecule has 4 nitrogen and oxygen atoms in total. The average Bonchev–Trinajstić information content (AvgIpc) is 3.10. The van der Waals surface area contributed by atoms with Crippen LogP contribution in [0.1, 0.15) is 40.4 Å². The Morgan fingerprint density at radius 2 is 1.85 bits per heavy atom. The van der Waals surface area contributed by atoms with Crippen LogP contribution in [0.15, 0.2) is 42.5 Å². The molecule has 2 aromatic carbocycles. The zero-order chi connectivity index (χ0) is 18.5. The first-order chi connectivity index (χ1) is 12.5. The lowest BCUT2D eigenvalue weighted by Gasteiger charge is -2.14. The van der Waals surface area contributed by atoms with E-state index < -0.39 is 12.1 Å². The third kappa shape index (κ3) is 4.48.